The fourth-order valence-corrected chi connectivity index (χ4v) is 2.68. The van der Waals surface area contributed by atoms with Crippen molar-refractivity contribution in [2.24, 2.45) is 0 Å². The van der Waals surface area contributed by atoms with Gasteiger partial charge >= 0.3 is 0 Å². The number of pyridine rings is 1. The van der Waals surface area contributed by atoms with E-state index < -0.39 is 0 Å². The van der Waals surface area contributed by atoms with Crippen LogP contribution in [0.5, 0.6) is 5.75 Å². The zero-order valence-electron chi connectivity index (χ0n) is 12.3. The summed E-state index contributed by atoms with van der Waals surface area (Å²) in [6.07, 6.45) is 1.74. The molecule has 0 aliphatic rings. The molecule has 0 aliphatic carbocycles. The number of thiophene rings is 1. The summed E-state index contributed by atoms with van der Waals surface area (Å²) in [6, 6.07) is 11.4. The maximum atomic E-state index is 11.7. The van der Waals surface area contributed by atoms with Gasteiger partial charge in [0.2, 0.25) is 0 Å². The Morgan fingerprint density at radius 3 is 3.00 bits per heavy atom. The van der Waals surface area contributed by atoms with E-state index in [1.807, 2.05) is 35.7 Å². The lowest BCUT2D eigenvalue weighted by atomic mass is 10.2. The Labute approximate surface area is 138 Å². The number of hydrogen-bond donors (Lipinski definition) is 1. The van der Waals surface area contributed by atoms with Crippen molar-refractivity contribution < 1.29 is 9.53 Å². The van der Waals surface area contributed by atoms with Gasteiger partial charge in [-0.1, -0.05) is 30.0 Å². The Hall–Kier alpha value is -2.84. The Morgan fingerprint density at radius 1 is 1.22 bits per heavy atom. The summed E-state index contributed by atoms with van der Waals surface area (Å²) < 4.78 is 5.65. The van der Waals surface area contributed by atoms with E-state index in [1.165, 1.54) is 11.3 Å². The van der Waals surface area contributed by atoms with Crippen molar-refractivity contribution in [3.05, 3.63) is 58.9 Å². The summed E-state index contributed by atoms with van der Waals surface area (Å²) in [5.74, 6) is 6.36. The molecule has 2 heterocycles. The van der Waals surface area contributed by atoms with Gasteiger partial charge in [-0.15, -0.1) is 0 Å². The van der Waals surface area contributed by atoms with Gasteiger partial charge in [-0.2, -0.15) is 11.3 Å². The highest BCUT2D eigenvalue weighted by Crippen LogP contribution is 2.22. The highest BCUT2D eigenvalue weighted by molar-refractivity contribution is 7.08. The minimum Gasteiger partial charge on any atom is -0.479 e. The van der Waals surface area contributed by atoms with Gasteiger partial charge < -0.3 is 10.1 Å². The molecule has 1 amide bonds. The number of nitrogens with one attached hydrogen (secondary N) is 1. The number of carbonyl (C=O) groups excluding carboxylic acids is 1. The molecule has 0 spiro atoms. The van der Waals surface area contributed by atoms with Crippen LogP contribution in [-0.4, -0.2) is 24.0 Å². The van der Waals surface area contributed by atoms with E-state index in [0.717, 1.165) is 10.9 Å². The molecule has 0 aliphatic heterocycles. The maximum absolute atomic E-state index is 11.7. The topological polar surface area (TPSA) is 51.2 Å². The van der Waals surface area contributed by atoms with Crippen LogP contribution in [0.1, 0.15) is 10.4 Å². The van der Waals surface area contributed by atoms with Gasteiger partial charge in [0.25, 0.3) is 5.91 Å². The molecule has 0 radical (unpaired) electrons. The number of fused-ring (bicyclic) bond motifs is 1. The van der Waals surface area contributed by atoms with Crippen molar-refractivity contribution in [3.8, 4) is 17.6 Å². The number of benzene rings is 1. The number of hydrogen-bond acceptors (Lipinski definition) is 4. The first-order valence-electron chi connectivity index (χ1n) is 7.07. The Bertz CT molecular complexity index is 858. The number of carbonyl (C=O) groups is 1. The summed E-state index contributed by atoms with van der Waals surface area (Å²) >= 11 is 1.49. The van der Waals surface area contributed by atoms with E-state index in [-0.39, 0.29) is 12.5 Å². The first-order valence-corrected chi connectivity index (χ1v) is 8.01. The van der Waals surface area contributed by atoms with Gasteiger partial charge in [0.05, 0.1) is 12.1 Å². The fourth-order valence-electron chi connectivity index (χ4n) is 2.04. The van der Waals surface area contributed by atoms with Gasteiger partial charge in [-0.3, -0.25) is 9.78 Å². The van der Waals surface area contributed by atoms with Gasteiger partial charge in [0.1, 0.15) is 17.9 Å². The lowest BCUT2D eigenvalue weighted by Crippen LogP contribution is -2.23. The predicted molar refractivity (Wildman–Crippen MR) is 91.7 cm³/mol. The summed E-state index contributed by atoms with van der Waals surface area (Å²) in [5, 5.41) is 7.44. The molecule has 1 aromatic carbocycles. The van der Waals surface area contributed by atoms with Crippen molar-refractivity contribution in [2.75, 3.05) is 13.2 Å². The normalized spacial score (nSPS) is 9.91. The summed E-state index contributed by atoms with van der Waals surface area (Å²) in [4.78, 5) is 16.0. The molecule has 0 saturated carbocycles. The molecule has 2 aromatic heterocycles. The van der Waals surface area contributed by atoms with E-state index >= 15 is 0 Å². The first-order chi connectivity index (χ1) is 11.3. The predicted octanol–water partition coefficient (Wildman–Crippen LogP) is 3.11. The molecule has 3 aromatic rings. The number of rotatable bonds is 4. The third kappa shape index (κ3) is 3.87. The monoisotopic (exact) mass is 322 g/mol. The van der Waals surface area contributed by atoms with Crippen LogP contribution in [-0.2, 0) is 0 Å². The third-order valence-corrected chi connectivity index (χ3v) is 3.82. The minimum atomic E-state index is -0.111. The van der Waals surface area contributed by atoms with Gasteiger partial charge in [-0.05, 0) is 23.6 Å². The Morgan fingerprint density at radius 2 is 2.13 bits per heavy atom. The molecule has 0 saturated heterocycles. The van der Waals surface area contributed by atoms with E-state index in [0.29, 0.717) is 17.9 Å². The lowest BCUT2D eigenvalue weighted by molar-refractivity contribution is 0.0959. The van der Waals surface area contributed by atoms with Crippen LogP contribution in [0, 0.1) is 11.8 Å². The van der Waals surface area contributed by atoms with E-state index in [9.17, 15) is 4.79 Å². The van der Waals surface area contributed by atoms with Crippen LogP contribution >= 0.6 is 11.3 Å². The highest BCUT2D eigenvalue weighted by atomic mass is 32.1. The van der Waals surface area contributed by atoms with Crippen LogP contribution in [0.15, 0.2) is 53.4 Å². The van der Waals surface area contributed by atoms with Gasteiger partial charge in [-0.25, -0.2) is 0 Å². The standard InChI is InChI=1S/C18H14N2O2S/c21-18(15-8-12-23-13-15)20-9-1-2-11-22-16-7-3-5-14-6-4-10-19-17(14)16/h3-8,10,12-13H,9,11H2,(H,20,21). The lowest BCUT2D eigenvalue weighted by Gasteiger charge is -2.05. The number of ether oxygens (including phenoxy) is 1. The Kier molecular flexibility index (Phi) is 4.87. The average Bonchev–Trinajstić information content (AvgIpc) is 3.12. The molecule has 114 valence electrons. The maximum Gasteiger partial charge on any atom is 0.252 e. The molecule has 4 nitrogen and oxygen atoms in total. The summed E-state index contributed by atoms with van der Waals surface area (Å²) in [7, 11) is 0. The number of aromatic nitrogens is 1. The largest absolute Gasteiger partial charge is 0.479 e. The smallest absolute Gasteiger partial charge is 0.252 e. The van der Waals surface area contributed by atoms with E-state index in [1.54, 1.807) is 17.6 Å². The SMILES string of the molecule is O=C(NCC#CCOc1cccc2cccnc12)c1ccsc1. The van der Waals surface area contributed by atoms with Crippen molar-refractivity contribution in [1.82, 2.24) is 10.3 Å². The Balaban J connectivity index is 1.51. The molecule has 0 atom stereocenters. The molecule has 0 unspecified atom stereocenters. The van der Waals surface area contributed by atoms with Crippen LogP contribution in [0.3, 0.4) is 0 Å². The second-order valence-electron chi connectivity index (χ2n) is 4.67. The fraction of sp³-hybridized carbons (Fsp3) is 0.111. The third-order valence-electron chi connectivity index (χ3n) is 3.14. The molecule has 0 fully saturated rings. The molecule has 5 heteroatoms. The zero-order valence-corrected chi connectivity index (χ0v) is 13.1. The second kappa shape index (κ2) is 7.43. The molecule has 0 bridgehead atoms. The van der Waals surface area contributed by atoms with Crippen LogP contribution in [0.2, 0.25) is 0 Å². The van der Waals surface area contributed by atoms with Crippen molar-refractivity contribution in [3.63, 3.8) is 0 Å². The quantitative estimate of drug-likeness (QED) is 0.751. The van der Waals surface area contributed by atoms with Crippen LogP contribution in [0.25, 0.3) is 10.9 Å². The number of nitrogens with zero attached hydrogens (tertiary/aromatic N) is 1. The minimum absolute atomic E-state index is 0.111. The zero-order chi connectivity index (χ0) is 15.9. The van der Waals surface area contributed by atoms with E-state index in [4.69, 9.17) is 4.74 Å². The van der Waals surface area contributed by atoms with Gasteiger partial charge in [0.15, 0.2) is 0 Å². The molecule has 23 heavy (non-hydrogen) atoms. The molecular weight excluding hydrogens is 308 g/mol. The van der Waals surface area contributed by atoms with Gasteiger partial charge in [0, 0.05) is 17.0 Å². The molecule has 3 rings (SSSR count). The second-order valence-corrected chi connectivity index (χ2v) is 5.45. The van der Waals surface area contributed by atoms with E-state index in [2.05, 4.69) is 22.1 Å². The van der Waals surface area contributed by atoms with Crippen molar-refractivity contribution in [1.29, 1.82) is 0 Å². The summed E-state index contributed by atoms with van der Waals surface area (Å²) in [5.41, 5.74) is 1.48. The summed E-state index contributed by atoms with van der Waals surface area (Å²) in [6.45, 7) is 0.551. The van der Waals surface area contributed by atoms with Crippen molar-refractivity contribution >= 4 is 28.1 Å². The average molecular weight is 322 g/mol. The number of amides is 1. The molecule has 1 N–H and O–H groups in total. The van der Waals surface area contributed by atoms with Crippen molar-refractivity contribution in [2.45, 2.75) is 0 Å². The van der Waals surface area contributed by atoms with Crippen LogP contribution < -0.4 is 10.1 Å². The first kappa shape index (κ1) is 15.1. The number of para-hydroxylation sites is 1. The van der Waals surface area contributed by atoms with Crippen LogP contribution in [0.4, 0.5) is 0 Å². The molecular formula is C18H14N2O2S. The highest BCUT2D eigenvalue weighted by Gasteiger charge is 2.03.